The molecule has 19 heavy (non-hydrogen) atoms. The van der Waals surface area contributed by atoms with Crippen molar-refractivity contribution in [1.82, 2.24) is 14.9 Å². The molecule has 1 saturated heterocycles. The zero-order chi connectivity index (χ0) is 13.8. The molecular weight excluding hydrogens is 357 g/mol. The first kappa shape index (κ1) is 13.2. The maximum atomic E-state index is 12.3. The van der Waals surface area contributed by atoms with Crippen molar-refractivity contribution in [1.29, 1.82) is 0 Å². The summed E-state index contributed by atoms with van der Waals surface area (Å²) in [5, 5.41) is 0. The summed E-state index contributed by atoms with van der Waals surface area (Å²) in [4.78, 5) is 21.9. The number of amides is 1. The Balaban J connectivity index is 1.80. The topological polar surface area (TPSA) is 58.2 Å². The molecule has 1 unspecified atom stereocenters. The Labute approximate surface area is 126 Å². The molecule has 3 rings (SSSR count). The second-order valence-electron chi connectivity index (χ2n) is 6.31. The van der Waals surface area contributed by atoms with E-state index in [1.54, 1.807) is 0 Å². The second kappa shape index (κ2) is 4.36. The van der Waals surface area contributed by atoms with Crippen LogP contribution in [0, 0.1) is 9.62 Å². The van der Waals surface area contributed by atoms with Gasteiger partial charge in [-0.15, -0.1) is 0 Å². The predicted molar refractivity (Wildman–Crippen MR) is 78.6 cm³/mol. The summed E-state index contributed by atoms with van der Waals surface area (Å²) >= 11 is 2.17. The van der Waals surface area contributed by atoms with Crippen LogP contribution in [-0.2, 0) is 4.74 Å². The highest BCUT2D eigenvalue weighted by Crippen LogP contribution is 2.53. The average Bonchev–Trinajstić information content (AvgIpc) is 2.73. The van der Waals surface area contributed by atoms with Crippen molar-refractivity contribution in [2.75, 3.05) is 0 Å². The second-order valence-corrected chi connectivity index (χ2v) is 7.42. The van der Waals surface area contributed by atoms with Gasteiger partial charge in [0.15, 0.2) is 0 Å². The van der Waals surface area contributed by atoms with Gasteiger partial charge in [-0.1, -0.05) is 0 Å². The van der Waals surface area contributed by atoms with Gasteiger partial charge in [-0.2, -0.15) is 0 Å². The monoisotopic (exact) mass is 375 g/mol. The van der Waals surface area contributed by atoms with E-state index < -0.39 is 5.60 Å². The van der Waals surface area contributed by atoms with E-state index in [9.17, 15) is 4.79 Å². The van der Waals surface area contributed by atoms with E-state index in [2.05, 4.69) is 32.6 Å². The minimum Gasteiger partial charge on any atom is -0.444 e. The molecular formula is C13H18IN3O2. The van der Waals surface area contributed by atoms with Crippen molar-refractivity contribution >= 4 is 28.7 Å². The standard InChI is InChI=1S/C13H18IN3O2/c1-13(2,3)19-12(18)17-8-4-7(8)5-9(17)11-15-6-10(14)16-11/h6-9H,4-5H2,1-3H3,(H,15,16)/t7-,8?,9+/m1/s1. The van der Waals surface area contributed by atoms with Gasteiger partial charge in [0.25, 0.3) is 0 Å². The van der Waals surface area contributed by atoms with Crippen LogP contribution in [-0.4, -0.2) is 32.6 Å². The molecule has 2 fully saturated rings. The smallest absolute Gasteiger partial charge is 0.411 e. The molecule has 6 heteroatoms. The van der Waals surface area contributed by atoms with Crippen LogP contribution in [0.15, 0.2) is 6.20 Å². The molecule has 0 bridgehead atoms. The Kier molecular flexibility index (Phi) is 3.03. The van der Waals surface area contributed by atoms with E-state index in [1.807, 2.05) is 31.9 Å². The van der Waals surface area contributed by atoms with E-state index in [0.717, 1.165) is 22.4 Å². The number of imidazole rings is 1. The van der Waals surface area contributed by atoms with Crippen LogP contribution >= 0.6 is 22.6 Å². The van der Waals surface area contributed by atoms with Crippen LogP contribution in [0.25, 0.3) is 0 Å². The van der Waals surface area contributed by atoms with E-state index in [0.29, 0.717) is 12.0 Å². The highest BCUT2D eigenvalue weighted by Gasteiger charge is 2.56. The van der Waals surface area contributed by atoms with Gasteiger partial charge in [0.2, 0.25) is 0 Å². The first-order valence-corrected chi connectivity index (χ1v) is 7.65. The van der Waals surface area contributed by atoms with Gasteiger partial charge in [0.05, 0.1) is 6.04 Å². The van der Waals surface area contributed by atoms with Crippen molar-refractivity contribution in [2.45, 2.75) is 51.3 Å². The van der Waals surface area contributed by atoms with Crippen LogP contribution in [0.5, 0.6) is 0 Å². The Morgan fingerprint density at radius 2 is 2.26 bits per heavy atom. The number of nitrogens with one attached hydrogen (secondary N) is 1. The van der Waals surface area contributed by atoms with Crippen LogP contribution in [0.1, 0.15) is 45.5 Å². The number of hydrogen-bond acceptors (Lipinski definition) is 3. The van der Waals surface area contributed by atoms with E-state index >= 15 is 0 Å². The molecule has 3 atom stereocenters. The molecule has 1 N–H and O–H groups in total. The Hall–Kier alpha value is -0.790. The number of carbonyl (C=O) groups excluding carboxylic acids is 1. The number of piperidine rings is 1. The quantitative estimate of drug-likeness (QED) is 0.768. The van der Waals surface area contributed by atoms with Crippen molar-refractivity contribution in [2.24, 2.45) is 5.92 Å². The molecule has 1 amide bonds. The normalized spacial score (nSPS) is 29.3. The SMILES string of the molecule is CC(C)(C)OC(=O)N1C2C[C@@H]2C[C@H]1c1nc(I)c[nH]1. The third kappa shape index (κ3) is 2.59. The van der Waals surface area contributed by atoms with E-state index in [1.165, 1.54) is 0 Å². The number of nitrogens with zero attached hydrogens (tertiary/aromatic N) is 2. The van der Waals surface area contributed by atoms with Gasteiger partial charge in [-0.05, 0) is 62.1 Å². The van der Waals surface area contributed by atoms with Crippen LogP contribution in [0.2, 0.25) is 0 Å². The third-order valence-electron chi connectivity index (χ3n) is 3.59. The first-order valence-electron chi connectivity index (χ1n) is 6.57. The molecule has 2 aliphatic rings. The predicted octanol–water partition coefficient (Wildman–Crippen LogP) is 3.08. The minimum absolute atomic E-state index is 0.0436. The van der Waals surface area contributed by atoms with Crippen LogP contribution in [0.4, 0.5) is 4.79 Å². The summed E-state index contributed by atoms with van der Waals surface area (Å²) in [6, 6.07) is 0.393. The van der Waals surface area contributed by atoms with E-state index in [4.69, 9.17) is 4.74 Å². The number of ether oxygens (including phenoxy) is 1. The lowest BCUT2D eigenvalue weighted by Crippen LogP contribution is -2.38. The largest absolute Gasteiger partial charge is 0.444 e. The molecule has 0 radical (unpaired) electrons. The lowest BCUT2D eigenvalue weighted by atomic mass is 10.1. The minimum atomic E-state index is -0.452. The van der Waals surface area contributed by atoms with Crippen LogP contribution in [0.3, 0.4) is 0 Å². The van der Waals surface area contributed by atoms with Gasteiger partial charge in [0, 0.05) is 12.2 Å². The molecule has 1 saturated carbocycles. The Bertz CT molecular complexity index is 508. The number of fused-ring (bicyclic) bond motifs is 1. The van der Waals surface area contributed by atoms with Gasteiger partial charge in [-0.3, -0.25) is 4.90 Å². The Morgan fingerprint density at radius 1 is 1.53 bits per heavy atom. The molecule has 1 aliphatic heterocycles. The number of aromatic amines is 1. The lowest BCUT2D eigenvalue weighted by molar-refractivity contribution is 0.0175. The fourth-order valence-corrected chi connectivity index (χ4v) is 3.18. The summed E-state index contributed by atoms with van der Waals surface area (Å²) in [7, 11) is 0. The maximum absolute atomic E-state index is 12.3. The first-order chi connectivity index (χ1) is 8.85. The number of aromatic nitrogens is 2. The number of H-pyrrole nitrogens is 1. The molecule has 0 spiro atoms. The fourth-order valence-electron chi connectivity index (χ4n) is 2.76. The zero-order valence-corrected chi connectivity index (χ0v) is 13.5. The lowest BCUT2D eigenvalue weighted by Gasteiger charge is -2.29. The van der Waals surface area contributed by atoms with Gasteiger partial charge in [0.1, 0.15) is 15.1 Å². The molecule has 104 valence electrons. The van der Waals surface area contributed by atoms with Crippen LogP contribution < -0.4 is 0 Å². The summed E-state index contributed by atoms with van der Waals surface area (Å²) < 4.78 is 6.45. The van der Waals surface area contributed by atoms with Crippen molar-refractivity contribution < 1.29 is 9.53 Å². The molecule has 2 heterocycles. The summed E-state index contributed by atoms with van der Waals surface area (Å²) in [6.45, 7) is 5.70. The zero-order valence-electron chi connectivity index (χ0n) is 11.3. The molecule has 0 aromatic carbocycles. The highest BCUT2D eigenvalue weighted by molar-refractivity contribution is 14.1. The van der Waals surface area contributed by atoms with E-state index in [-0.39, 0.29) is 12.1 Å². The Morgan fingerprint density at radius 3 is 2.84 bits per heavy atom. The third-order valence-corrected chi connectivity index (χ3v) is 4.14. The van der Waals surface area contributed by atoms with Crippen molar-refractivity contribution in [3.05, 3.63) is 15.7 Å². The number of hydrogen-bond donors (Lipinski definition) is 1. The number of rotatable bonds is 1. The number of carbonyl (C=O) groups is 1. The fraction of sp³-hybridized carbons (Fsp3) is 0.692. The van der Waals surface area contributed by atoms with Crippen molar-refractivity contribution in [3.8, 4) is 0 Å². The molecule has 1 aromatic heterocycles. The van der Waals surface area contributed by atoms with Gasteiger partial charge >= 0.3 is 6.09 Å². The molecule has 5 nitrogen and oxygen atoms in total. The summed E-state index contributed by atoms with van der Waals surface area (Å²) in [5.41, 5.74) is -0.452. The summed E-state index contributed by atoms with van der Waals surface area (Å²) in [6.07, 6.45) is 3.75. The molecule has 1 aliphatic carbocycles. The molecule has 1 aromatic rings. The average molecular weight is 375 g/mol. The highest BCUT2D eigenvalue weighted by atomic mass is 127. The summed E-state index contributed by atoms with van der Waals surface area (Å²) in [5.74, 6) is 1.50. The number of likely N-dealkylation sites (tertiary alicyclic amines) is 1. The van der Waals surface area contributed by atoms with Gasteiger partial charge < -0.3 is 9.72 Å². The maximum Gasteiger partial charge on any atom is 0.411 e. The van der Waals surface area contributed by atoms with Crippen molar-refractivity contribution in [3.63, 3.8) is 0 Å². The number of halogens is 1. The van der Waals surface area contributed by atoms with Gasteiger partial charge in [-0.25, -0.2) is 9.78 Å².